The van der Waals surface area contributed by atoms with E-state index in [9.17, 15) is 10.1 Å². The van der Waals surface area contributed by atoms with Gasteiger partial charge in [-0.05, 0) is 12.1 Å². The standard InChI is InChI=1S/C11H5Cl3N2O2/c12-6-1-2-7(9(13)3-6)8-4-15-5-10(11(8)14)16(17)18/h1-5H. The summed E-state index contributed by atoms with van der Waals surface area (Å²) < 4.78 is 0. The molecule has 1 heterocycles. The first kappa shape index (κ1) is 13.1. The van der Waals surface area contributed by atoms with Gasteiger partial charge in [-0.25, -0.2) is 0 Å². The Labute approximate surface area is 117 Å². The Morgan fingerprint density at radius 3 is 2.44 bits per heavy atom. The summed E-state index contributed by atoms with van der Waals surface area (Å²) in [5, 5.41) is 11.6. The molecule has 0 N–H and O–H groups in total. The SMILES string of the molecule is O=[N+]([O-])c1cncc(-c2ccc(Cl)cc2Cl)c1Cl. The molecular weight excluding hydrogens is 298 g/mol. The largest absolute Gasteiger partial charge is 0.306 e. The molecule has 0 atom stereocenters. The van der Waals surface area contributed by atoms with Crippen molar-refractivity contribution in [3.05, 3.63) is 55.8 Å². The van der Waals surface area contributed by atoms with Gasteiger partial charge in [-0.1, -0.05) is 40.9 Å². The van der Waals surface area contributed by atoms with Crippen LogP contribution in [0.2, 0.25) is 15.1 Å². The van der Waals surface area contributed by atoms with E-state index in [0.717, 1.165) is 6.20 Å². The Morgan fingerprint density at radius 2 is 1.83 bits per heavy atom. The van der Waals surface area contributed by atoms with Crippen LogP contribution >= 0.6 is 34.8 Å². The molecule has 0 radical (unpaired) electrons. The maximum absolute atomic E-state index is 10.8. The molecule has 1 aromatic heterocycles. The van der Waals surface area contributed by atoms with E-state index in [1.165, 1.54) is 12.3 Å². The molecule has 92 valence electrons. The van der Waals surface area contributed by atoms with Crippen LogP contribution < -0.4 is 0 Å². The van der Waals surface area contributed by atoms with Crippen LogP contribution in [0.1, 0.15) is 0 Å². The summed E-state index contributed by atoms with van der Waals surface area (Å²) in [5.74, 6) is 0. The lowest BCUT2D eigenvalue weighted by Gasteiger charge is -2.06. The number of aromatic nitrogens is 1. The van der Waals surface area contributed by atoms with Crippen LogP contribution in [-0.4, -0.2) is 9.91 Å². The second kappa shape index (κ2) is 5.10. The number of benzene rings is 1. The number of hydrogen-bond acceptors (Lipinski definition) is 3. The van der Waals surface area contributed by atoms with E-state index in [-0.39, 0.29) is 10.7 Å². The van der Waals surface area contributed by atoms with Crippen molar-refractivity contribution < 1.29 is 4.92 Å². The van der Waals surface area contributed by atoms with Gasteiger partial charge in [-0.15, -0.1) is 0 Å². The average molecular weight is 304 g/mol. The molecule has 0 bridgehead atoms. The molecule has 2 rings (SSSR count). The zero-order valence-electron chi connectivity index (χ0n) is 8.73. The molecule has 0 aliphatic rings. The predicted octanol–water partition coefficient (Wildman–Crippen LogP) is 4.62. The molecule has 18 heavy (non-hydrogen) atoms. The molecule has 0 amide bonds. The summed E-state index contributed by atoms with van der Waals surface area (Å²) in [5.41, 5.74) is 0.676. The number of nitrogens with zero attached hydrogens (tertiary/aromatic N) is 2. The fourth-order valence-electron chi connectivity index (χ4n) is 1.46. The van der Waals surface area contributed by atoms with Gasteiger partial charge in [-0.3, -0.25) is 15.1 Å². The maximum Gasteiger partial charge on any atom is 0.306 e. The summed E-state index contributed by atoms with van der Waals surface area (Å²) in [4.78, 5) is 14.0. The Morgan fingerprint density at radius 1 is 1.11 bits per heavy atom. The molecule has 0 saturated carbocycles. The molecule has 0 aliphatic heterocycles. The van der Waals surface area contributed by atoms with E-state index < -0.39 is 4.92 Å². The molecule has 0 fully saturated rings. The minimum absolute atomic E-state index is 0.000720. The second-order valence-corrected chi connectivity index (χ2v) is 4.62. The highest BCUT2D eigenvalue weighted by Gasteiger charge is 2.18. The number of hydrogen-bond donors (Lipinski definition) is 0. The molecule has 7 heteroatoms. The molecule has 2 aromatic rings. The quantitative estimate of drug-likeness (QED) is 0.601. The van der Waals surface area contributed by atoms with E-state index in [4.69, 9.17) is 34.8 Å². The third-order valence-corrected chi connectivity index (χ3v) is 3.22. The number of nitro groups is 1. The van der Waals surface area contributed by atoms with E-state index >= 15 is 0 Å². The lowest BCUT2D eigenvalue weighted by atomic mass is 10.1. The summed E-state index contributed by atoms with van der Waals surface area (Å²) >= 11 is 17.8. The first-order valence-electron chi connectivity index (χ1n) is 4.74. The van der Waals surface area contributed by atoms with Crippen LogP contribution in [-0.2, 0) is 0 Å². The van der Waals surface area contributed by atoms with Gasteiger partial charge in [0.05, 0.1) is 4.92 Å². The van der Waals surface area contributed by atoms with E-state index in [1.54, 1.807) is 12.1 Å². The van der Waals surface area contributed by atoms with Crippen LogP contribution in [0.15, 0.2) is 30.6 Å². The zero-order chi connectivity index (χ0) is 13.3. The Bertz CT molecular complexity index is 632. The van der Waals surface area contributed by atoms with Crippen LogP contribution in [0.25, 0.3) is 11.1 Å². The topological polar surface area (TPSA) is 56.0 Å². The third kappa shape index (κ3) is 2.41. The van der Waals surface area contributed by atoms with Crippen LogP contribution in [0.3, 0.4) is 0 Å². The molecule has 4 nitrogen and oxygen atoms in total. The first-order chi connectivity index (χ1) is 8.50. The highest BCUT2D eigenvalue weighted by molar-refractivity contribution is 6.38. The normalized spacial score (nSPS) is 10.4. The van der Waals surface area contributed by atoms with Gasteiger partial charge in [0.2, 0.25) is 0 Å². The van der Waals surface area contributed by atoms with Crippen LogP contribution in [0, 0.1) is 10.1 Å². The second-order valence-electron chi connectivity index (χ2n) is 3.40. The lowest BCUT2D eigenvalue weighted by Crippen LogP contribution is -1.93. The Kier molecular flexibility index (Phi) is 3.71. The number of pyridine rings is 1. The summed E-state index contributed by atoms with van der Waals surface area (Å²) in [6.45, 7) is 0. The molecule has 0 spiro atoms. The summed E-state index contributed by atoms with van der Waals surface area (Å²) in [6.07, 6.45) is 2.51. The van der Waals surface area contributed by atoms with E-state index in [0.29, 0.717) is 21.2 Å². The fraction of sp³-hybridized carbons (Fsp3) is 0. The van der Waals surface area contributed by atoms with Crippen molar-refractivity contribution in [2.45, 2.75) is 0 Å². The third-order valence-electron chi connectivity index (χ3n) is 2.28. The van der Waals surface area contributed by atoms with E-state index in [2.05, 4.69) is 4.98 Å². The van der Waals surface area contributed by atoms with Crippen molar-refractivity contribution in [1.29, 1.82) is 0 Å². The predicted molar refractivity (Wildman–Crippen MR) is 71.4 cm³/mol. The van der Waals surface area contributed by atoms with Gasteiger partial charge < -0.3 is 0 Å². The van der Waals surface area contributed by atoms with Crippen molar-refractivity contribution in [2.75, 3.05) is 0 Å². The number of rotatable bonds is 2. The van der Waals surface area contributed by atoms with Gasteiger partial charge in [-0.2, -0.15) is 0 Å². The van der Waals surface area contributed by atoms with Gasteiger partial charge in [0, 0.05) is 27.4 Å². The molecule has 0 saturated heterocycles. The number of halogens is 3. The van der Waals surface area contributed by atoms with Crippen molar-refractivity contribution in [3.8, 4) is 11.1 Å². The van der Waals surface area contributed by atoms with Crippen molar-refractivity contribution in [3.63, 3.8) is 0 Å². The minimum atomic E-state index is -0.595. The monoisotopic (exact) mass is 302 g/mol. The maximum atomic E-state index is 10.8. The van der Waals surface area contributed by atoms with Crippen molar-refractivity contribution in [1.82, 2.24) is 4.98 Å². The summed E-state index contributed by atoms with van der Waals surface area (Å²) in [6, 6.07) is 4.79. The van der Waals surface area contributed by atoms with Crippen molar-refractivity contribution >= 4 is 40.5 Å². The first-order valence-corrected chi connectivity index (χ1v) is 5.87. The van der Waals surface area contributed by atoms with Gasteiger partial charge >= 0.3 is 5.69 Å². The molecular formula is C11H5Cl3N2O2. The summed E-state index contributed by atoms with van der Waals surface area (Å²) in [7, 11) is 0. The van der Waals surface area contributed by atoms with Gasteiger partial charge in [0.15, 0.2) is 0 Å². The minimum Gasteiger partial charge on any atom is -0.258 e. The zero-order valence-corrected chi connectivity index (χ0v) is 11.0. The Hall–Kier alpha value is -1.36. The van der Waals surface area contributed by atoms with Gasteiger partial charge in [0.1, 0.15) is 11.2 Å². The molecule has 0 unspecified atom stereocenters. The average Bonchev–Trinajstić information content (AvgIpc) is 2.30. The molecule has 1 aromatic carbocycles. The highest BCUT2D eigenvalue weighted by Crippen LogP contribution is 2.38. The molecule has 0 aliphatic carbocycles. The Balaban J connectivity index is 2.64. The smallest absolute Gasteiger partial charge is 0.258 e. The van der Waals surface area contributed by atoms with Crippen LogP contribution in [0.5, 0.6) is 0 Å². The highest BCUT2D eigenvalue weighted by atomic mass is 35.5. The van der Waals surface area contributed by atoms with Gasteiger partial charge in [0.25, 0.3) is 0 Å². The van der Waals surface area contributed by atoms with E-state index in [1.807, 2.05) is 0 Å². The fourth-order valence-corrected chi connectivity index (χ4v) is 2.24. The van der Waals surface area contributed by atoms with Crippen LogP contribution in [0.4, 0.5) is 5.69 Å². The lowest BCUT2D eigenvalue weighted by molar-refractivity contribution is -0.385. The van der Waals surface area contributed by atoms with Crippen molar-refractivity contribution in [2.24, 2.45) is 0 Å².